The lowest BCUT2D eigenvalue weighted by Gasteiger charge is -2.14. The molecule has 1 N–H and O–H groups in total. The maximum atomic E-state index is 12.2. The highest BCUT2D eigenvalue weighted by atomic mass is 16.5. The number of aryl methyl sites for hydroxylation is 2. The number of rotatable bonds is 4. The van der Waals surface area contributed by atoms with Gasteiger partial charge in [-0.3, -0.25) is 4.79 Å². The van der Waals surface area contributed by atoms with E-state index in [0.717, 1.165) is 12.8 Å². The van der Waals surface area contributed by atoms with E-state index in [1.807, 2.05) is 44.2 Å². The minimum absolute atomic E-state index is 0.144. The van der Waals surface area contributed by atoms with E-state index >= 15 is 0 Å². The molecule has 1 saturated heterocycles. The van der Waals surface area contributed by atoms with Gasteiger partial charge in [0, 0.05) is 6.61 Å². The van der Waals surface area contributed by atoms with Crippen LogP contribution in [-0.4, -0.2) is 28.6 Å². The van der Waals surface area contributed by atoms with Crippen LogP contribution in [0.3, 0.4) is 0 Å². The van der Waals surface area contributed by atoms with Crippen molar-refractivity contribution in [2.45, 2.75) is 32.8 Å². The molecule has 1 aromatic carbocycles. The van der Waals surface area contributed by atoms with Crippen molar-refractivity contribution in [3.63, 3.8) is 0 Å². The van der Waals surface area contributed by atoms with Crippen LogP contribution in [0.5, 0.6) is 11.8 Å². The Hall–Kier alpha value is -2.47. The van der Waals surface area contributed by atoms with Crippen molar-refractivity contribution in [2.75, 3.05) is 11.9 Å². The van der Waals surface area contributed by atoms with E-state index in [0.29, 0.717) is 29.4 Å². The van der Waals surface area contributed by atoms with Crippen LogP contribution >= 0.6 is 0 Å². The summed E-state index contributed by atoms with van der Waals surface area (Å²) >= 11 is 0. The molecule has 6 heteroatoms. The number of hydrogen-bond donors (Lipinski definition) is 1. The molecule has 0 saturated carbocycles. The molecule has 6 nitrogen and oxygen atoms in total. The molecule has 1 fully saturated rings. The molecule has 0 aliphatic carbocycles. The SMILES string of the molecule is Cc1nc(Oc2ccccc2)nc(C)c1NC(=O)C1CCCO1. The first-order chi connectivity index (χ1) is 11.1. The third-order valence-electron chi connectivity index (χ3n) is 3.67. The second kappa shape index (κ2) is 6.75. The number of carbonyl (C=O) groups excluding carboxylic acids is 1. The van der Waals surface area contributed by atoms with Crippen LogP contribution in [0, 0.1) is 13.8 Å². The summed E-state index contributed by atoms with van der Waals surface area (Å²) in [6, 6.07) is 9.61. The molecule has 120 valence electrons. The number of ether oxygens (including phenoxy) is 2. The highest BCUT2D eigenvalue weighted by molar-refractivity contribution is 5.95. The van der Waals surface area contributed by atoms with E-state index in [9.17, 15) is 4.79 Å². The summed E-state index contributed by atoms with van der Waals surface area (Å²) in [7, 11) is 0. The molecule has 2 aromatic rings. The molecule has 0 spiro atoms. The first-order valence-electron chi connectivity index (χ1n) is 7.64. The monoisotopic (exact) mass is 313 g/mol. The normalized spacial score (nSPS) is 17.0. The minimum Gasteiger partial charge on any atom is -0.424 e. The van der Waals surface area contributed by atoms with Crippen molar-refractivity contribution >= 4 is 11.6 Å². The minimum atomic E-state index is -0.381. The number of carbonyl (C=O) groups is 1. The fraction of sp³-hybridized carbons (Fsp3) is 0.353. The summed E-state index contributed by atoms with van der Waals surface area (Å²) in [5, 5.41) is 2.87. The molecule has 23 heavy (non-hydrogen) atoms. The number of para-hydroxylation sites is 1. The van der Waals surface area contributed by atoms with Crippen LogP contribution in [-0.2, 0) is 9.53 Å². The van der Waals surface area contributed by atoms with E-state index in [2.05, 4.69) is 15.3 Å². The van der Waals surface area contributed by atoms with Crippen LogP contribution in [0.15, 0.2) is 30.3 Å². The molecular formula is C17H19N3O3. The van der Waals surface area contributed by atoms with Gasteiger partial charge < -0.3 is 14.8 Å². The van der Waals surface area contributed by atoms with Gasteiger partial charge in [0.2, 0.25) is 0 Å². The zero-order valence-corrected chi connectivity index (χ0v) is 13.2. The van der Waals surface area contributed by atoms with Crippen LogP contribution in [0.4, 0.5) is 5.69 Å². The predicted molar refractivity (Wildman–Crippen MR) is 85.6 cm³/mol. The molecule has 1 aliphatic heterocycles. The quantitative estimate of drug-likeness (QED) is 0.939. The highest BCUT2D eigenvalue weighted by Crippen LogP contribution is 2.24. The number of nitrogens with zero attached hydrogens (tertiary/aromatic N) is 2. The van der Waals surface area contributed by atoms with Gasteiger partial charge in [0.1, 0.15) is 11.9 Å². The van der Waals surface area contributed by atoms with Gasteiger partial charge in [0.05, 0.1) is 17.1 Å². The Morgan fingerprint density at radius 3 is 2.52 bits per heavy atom. The molecule has 1 unspecified atom stereocenters. The summed E-state index contributed by atoms with van der Waals surface area (Å²) in [6.45, 7) is 4.27. The largest absolute Gasteiger partial charge is 0.424 e. The van der Waals surface area contributed by atoms with Gasteiger partial charge in [0.25, 0.3) is 5.91 Å². The van der Waals surface area contributed by atoms with Crippen molar-refractivity contribution < 1.29 is 14.3 Å². The third kappa shape index (κ3) is 3.65. The zero-order chi connectivity index (χ0) is 16.2. The Kier molecular flexibility index (Phi) is 4.52. The van der Waals surface area contributed by atoms with Crippen molar-refractivity contribution in [3.8, 4) is 11.8 Å². The maximum Gasteiger partial charge on any atom is 0.322 e. The molecule has 1 amide bonds. The molecule has 1 aromatic heterocycles. The van der Waals surface area contributed by atoms with E-state index in [1.54, 1.807) is 0 Å². The standard InChI is InChI=1S/C17H19N3O3/c1-11-15(20-16(21)14-9-6-10-22-14)12(2)19-17(18-11)23-13-7-4-3-5-8-13/h3-5,7-8,14H,6,9-10H2,1-2H3,(H,20,21). The van der Waals surface area contributed by atoms with E-state index in [-0.39, 0.29) is 18.0 Å². The lowest BCUT2D eigenvalue weighted by molar-refractivity contribution is -0.124. The average Bonchev–Trinajstić information content (AvgIpc) is 3.06. The number of hydrogen-bond acceptors (Lipinski definition) is 5. The van der Waals surface area contributed by atoms with Crippen LogP contribution < -0.4 is 10.1 Å². The maximum absolute atomic E-state index is 12.2. The third-order valence-corrected chi connectivity index (χ3v) is 3.67. The van der Waals surface area contributed by atoms with Crippen molar-refractivity contribution in [1.29, 1.82) is 0 Å². The van der Waals surface area contributed by atoms with Gasteiger partial charge in [-0.05, 0) is 38.8 Å². The second-order valence-electron chi connectivity index (χ2n) is 5.46. The average molecular weight is 313 g/mol. The van der Waals surface area contributed by atoms with Crippen molar-refractivity contribution in [1.82, 2.24) is 9.97 Å². The highest BCUT2D eigenvalue weighted by Gasteiger charge is 2.25. The molecule has 1 atom stereocenters. The molecule has 0 radical (unpaired) electrons. The van der Waals surface area contributed by atoms with E-state index in [4.69, 9.17) is 9.47 Å². The summed E-state index contributed by atoms with van der Waals surface area (Å²) in [6.07, 6.45) is 1.28. The molecule has 0 bridgehead atoms. The Balaban J connectivity index is 1.76. The van der Waals surface area contributed by atoms with Crippen LogP contribution in [0.25, 0.3) is 0 Å². The lowest BCUT2D eigenvalue weighted by Crippen LogP contribution is -2.28. The summed E-state index contributed by atoms with van der Waals surface area (Å²) in [4.78, 5) is 20.8. The first kappa shape index (κ1) is 15.4. The number of aromatic nitrogens is 2. The van der Waals surface area contributed by atoms with Gasteiger partial charge >= 0.3 is 6.01 Å². The van der Waals surface area contributed by atoms with Gasteiger partial charge in [-0.2, -0.15) is 9.97 Å². The number of anilines is 1. The number of nitrogens with one attached hydrogen (secondary N) is 1. The summed E-state index contributed by atoms with van der Waals surface area (Å²) < 4.78 is 11.0. The van der Waals surface area contributed by atoms with Crippen LogP contribution in [0.1, 0.15) is 24.2 Å². The Bertz CT molecular complexity index is 674. The van der Waals surface area contributed by atoms with Gasteiger partial charge in [-0.1, -0.05) is 18.2 Å². The first-order valence-corrected chi connectivity index (χ1v) is 7.64. The van der Waals surface area contributed by atoms with Gasteiger partial charge in [0.15, 0.2) is 0 Å². The Labute approximate surface area is 134 Å². The van der Waals surface area contributed by atoms with Crippen LogP contribution in [0.2, 0.25) is 0 Å². The topological polar surface area (TPSA) is 73.3 Å². The lowest BCUT2D eigenvalue weighted by atomic mass is 10.2. The Morgan fingerprint density at radius 2 is 1.91 bits per heavy atom. The number of benzene rings is 1. The van der Waals surface area contributed by atoms with Gasteiger partial charge in [-0.25, -0.2) is 0 Å². The molecular weight excluding hydrogens is 294 g/mol. The van der Waals surface area contributed by atoms with Gasteiger partial charge in [-0.15, -0.1) is 0 Å². The fourth-order valence-electron chi connectivity index (χ4n) is 2.49. The zero-order valence-electron chi connectivity index (χ0n) is 13.2. The van der Waals surface area contributed by atoms with Crippen molar-refractivity contribution in [2.24, 2.45) is 0 Å². The van der Waals surface area contributed by atoms with E-state index in [1.165, 1.54) is 0 Å². The second-order valence-corrected chi connectivity index (χ2v) is 5.46. The molecule has 3 rings (SSSR count). The molecule has 2 heterocycles. The summed E-state index contributed by atoms with van der Waals surface area (Å²) in [5.74, 6) is 0.525. The Morgan fingerprint density at radius 1 is 1.22 bits per heavy atom. The fourth-order valence-corrected chi connectivity index (χ4v) is 2.49. The summed E-state index contributed by atoms with van der Waals surface area (Å²) in [5.41, 5.74) is 1.94. The van der Waals surface area contributed by atoms with Crippen molar-refractivity contribution in [3.05, 3.63) is 41.7 Å². The molecule has 1 aliphatic rings. The number of amides is 1. The predicted octanol–water partition coefficient (Wildman–Crippen LogP) is 3.00. The smallest absolute Gasteiger partial charge is 0.322 e. The van der Waals surface area contributed by atoms with E-state index < -0.39 is 0 Å².